The fourth-order valence-corrected chi connectivity index (χ4v) is 5.34. The summed E-state index contributed by atoms with van der Waals surface area (Å²) in [6.45, 7) is 5.28. The van der Waals surface area contributed by atoms with Crippen molar-refractivity contribution in [2.75, 3.05) is 60.2 Å². The van der Waals surface area contributed by atoms with Gasteiger partial charge in [-0.15, -0.1) is 0 Å². The number of rotatable bonds is 8. The molecule has 3 fully saturated rings. The van der Waals surface area contributed by atoms with Crippen LogP contribution in [0.3, 0.4) is 0 Å². The number of methoxy groups -OCH3 is 1. The summed E-state index contributed by atoms with van der Waals surface area (Å²) in [5.74, 6) is 0.410. The van der Waals surface area contributed by atoms with Gasteiger partial charge in [0.2, 0.25) is 11.9 Å². The van der Waals surface area contributed by atoms with Crippen molar-refractivity contribution >= 4 is 18.0 Å². The van der Waals surface area contributed by atoms with E-state index >= 15 is 0 Å². The van der Waals surface area contributed by atoms with Gasteiger partial charge in [0.05, 0.1) is 32.0 Å². The highest BCUT2D eigenvalue weighted by Gasteiger charge is 2.38. The molecule has 2 saturated heterocycles. The van der Waals surface area contributed by atoms with Gasteiger partial charge < -0.3 is 29.3 Å². The first-order chi connectivity index (χ1) is 17.9. The highest BCUT2D eigenvalue weighted by atomic mass is 16.5. The third kappa shape index (κ3) is 8.83. The molecule has 2 heterocycles. The Kier molecular flexibility index (Phi) is 11.4. The minimum absolute atomic E-state index is 0.181. The van der Waals surface area contributed by atoms with Crippen molar-refractivity contribution in [3.63, 3.8) is 0 Å². The molecule has 208 valence electrons. The standard InChI is InChI=1S/C26H44N6O5/c1-4-36-25(34)29-24(32-14-15-37-21(17-32)18-35-3)28-22(16-20-8-6-5-7-9-20)23(33)30-26(19-27)10-12-31(2)13-11-26/h20-22H,4-18H2,1-3H3,(H,30,33)(H,28,29,34)/t21?,22-/m0/s1. The highest BCUT2D eigenvalue weighted by Crippen LogP contribution is 2.29. The van der Waals surface area contributed by atoms with Crippen molar-refractivity contribution in [3.8, 4) is 6.07 Å². The van der Waals surface area contributed by atoms with Gasteiger partial charge in [0.25, 0.3) is 0 Å². The van der Waals surface area contributed by atoms with E-state index in [4.69, 9.17) is 19.2 Å². The average Bonchev–Trinajstić information content (AvgIpc) is 2.90. The minimum Gasteiger partial charge on any atom is -0.450 e. The number of hydrogen-bond acceptors (Lipinski definition) is 8. The van der Waals surface area contributed by atoms with Crippen molar-refractivity contribution in [1.82, 2.24) is 20.4 Å². The molecule has 11 heteroatoms. The Morgan fingerprint density at radius 2 is 1.95 bits per heavy atom. The lowest BCUT2D eigenvalue weighted by Gasteiger charge is -2.37. The summed E-state index contributed by atoms with van der Waals surface area (Å²) in [6.07, 6.45) is 6.54. The summed E-state index contributed by atoms with van der Waals surface area (Å²) >= 11 is 0. The van der Waals surface area contributed by atoms with Crippen LogP contribution in [0.5, 0.6) is 0 Å². The molecular formula is C26H44N6O5. The molecule has 3 rings (SSSR count). The van der Waals surface area contributed by atoms with Crippen LogP contribution >= 0.6 is 0 Å². The Balaban J connectivity index is 1.87. The van der Waals surface area contributed by atoms with Gasteiger partial charge >= 0.3 is 6.09 Å². The summed E-state index contributed by atoms with van der Waals surface area (Å²) in [5.41, 5.74) is -0.902. The quantitative estimate of drug-likeness (QED) is 0.367. The van der Waals surface area contributed by atoms with Gasteiger partial charge in [0, 0.05) is 33.3 Å². The maximum atomic E-state index is 13.7. The van der Waals surface area contributed by atoms with Crippen molar-refractivity contribution in [2.45, 2.75) is 76.0 Å². The van der Waals surface area contributed by atoms with E-state index in [1.165, 1.54) is 6.42 Å². The zero-order chi connectivity index (χ0) is 26.7. The topological polar surface area (TPSA) is 129 Å². The van der Waals surface area contributed by atoms with E-state index in [0.29, 0.717) is 57.4 Å². The molecule has 0 radical (unpaired) electrons. The number of nitriles is 1. The van der Waals surface area contributed by atoms with Crippen LogP contribution in [-0.2, 0) is 19.0 Å². The molecule has 2 atom stereocenters. The lowest BCUT2D eigenvalue weighted by atomic mass is 9.84. The number of piperidine rings is 1. The van der Waals surface area contributed by atoms with E-state index in [1.807, 2.05) is 11.9 Å². The number of carbonyl (C=O) groups is 2. The molecule has 0 aromatic rings. The molecule has 0 spiro atoms. The lowest BCUT2D eigenvalue weighted by Crippen LogP contribution is -2.57. The van der Waals surface area contributed by atoms with Crippen LogP contribution < -0.4 is 10.6 Å². The van der Waals surface area contributed by atoms with Crippen LogP contribution in [0.2, 0.25) is 0 Å². The van der Waals surface area contributed by atoms with Gasteiger partial charge in [-0.05, 0) is 39.2 Å². The van der Waals surface area contributed by atoms with Crippen LogP contribution in [0.25, 0.3) is 0 Å². The molecule has 0 bridgehead atoms. The maximum absolute atomic E-state index is 13.7. The third-order valence-corrected chi connectivity index (χ3v) is 7.56. The maximum Gasteiger partial charge on any atom is 0.413 e. The number of hydrogen-bond donors (Lipinski definition) is 2. The zero-order valence-electron chi connectivity index (χ0n) is 22.7. The number of likely N-dealkylation sites (tertiary alicyclic amines) is 1. The molecule has 1 unspecified atom stereocenters. The first kappa shape index (κ1) is 29.1. The van der Waals surface area contributed by atoms with E-state index in [-0.39, 0.29) is 18.6 Å². The minimum atomic E-state index is -0.902. The van der Waals surface area contributed by atoms with Gasteiger partial charge in [-0.25, -0.2) is 9.79 Å². The number of nitrogens with one attached hydrogen (secondary N) is 2. The Morgan fingerprint density at radius 3 is 2.59 bits per heavy atom. The first-order valence-corrected chi connectivity index (χ1v) is 13.7. The number of guanidine groups is 1. The van der Waals surface area contributed by atoms with E-state index in [1.54, 1.807) is 14.0 Å². The second-order valence-corrected chi connectivity index (χ2v) is 10.4. The van der Waals surface area contributed by atoms with Crippen LogP contribution in [-0.4, -0.2) is 106 Å². The number of morpholine rings is 1. The Labute approximate surface area is 220 Å². The zero-order valence-corrected chi connectivity index (χ0v) is 22.7. The van der Waals surface area contributed by atoms with Crippen LogP contribution in [0.4, 0.5) is 4.79 Å². The normalized spacial score (nSPS) is 24.1. The lowest BCUT2D eigenvalue weighted by molar-refractivity contribution is -0.124. The van der Waals surface area contributed by atoms with Crippen LogP contribution in [0.1, 0.15) is 58.3 Å². The smallest absolute Gasteiger partial charge is 0.413 e. The van der Waals surface area contributed by atoms with Gasteiger partial charge in [-0.1, -0.05) is 32.1 Å². The van der Waals surface area contributed by atoms with Crippen molar-refractivity contribution in [1.29, 1.82) is 5.26 Å². The molecule has 37 heavy (non-hydrogen) atoms. The number of alkyl carbamates (subject to hydrolysis) is 1. The Morgan fingerprint density at radius 1 is 1.22 bits per heavy atom. The number of amides is 2. The SMILES string of the molecule is CCOC(=O)NC(=N[C@@H](CC1CCCCC1)C(=O)NC1(C#N)CCN(C)CC1)N1CCOC(COC)C1. The number of nitrogens with zero attached hydrogens (tertiary/aromatic N) is 4. The fraction of sp³-hybridized carbons (Fsp3) is 0.846. The largest absolute Gasteiger partial charge is 0.450 e. The molecule has 11 nitrogen and oxygen atoms in total. The second-order valence-electron chi connectivity index (χ2n) is 10.4. The van der Waals surface area contributed by atoms with Gasteiger partial charge in [-0.3, -0.25) is 10.1 Å². The average molecular weight is 521 g/mol. The summed E-state index contributed by atoms with van der Waals surface area (Å²) in [4.78, 5) is 35.1. The summed E-state index contributed by atoms with van der Waals surface area (Å²) in [5, 5.41) is 15.8. The predicted molar refractivity (Wildman–Crippen MR) is 139 cm³/mol. The van der Waals surface area contributed by atoms with E-state index in [0.717, 1.165) is 38.8 Å². The van der Waals surface area contributed by atoms with Gasteiger partial charge in [0.1, 0.15) is 11.6 Å². The number of aliphatic imine (C=N–C) groups is 1. The van der Waals surface area contributed by atoms with Crippen LogP contribution in [0.15, 0.2) is 4.99 Å². The predicted octanol–water partition coefficient (Wildman–Crippen LogP) is 1.88. The summed E-state index contributed by atoms with van der Waals surface area (Å²) in [7, 11) is 3.64. The van der Waals surface area contributed by atoms with E-state index in [9.17, 15) is 14.9 Å². The monoisotopic (exact) mass is 520 g/mol. The van der Waals surface area contributed by atoms with Gasteiger partial charge in [0.15, 0.2) is 0 Å². The van der Waals surface area contributed by atoms with Crippen molar-refractivity contribution < 1.29 is 23.8 Å². The molecular weight excluding hydrogens is 476 g/mol. The fourth-order valence-electron chi connectivity index (χ4n) is 5.34. The molecule has 1 saturated carbocycles. The highest BCUT2D eigenvalue weighted by molar-refractivity contribution is 5.96. The van der Waals surface area contributed by atoms with Gasteiger partial charge in [-0.2, -0.15) is 5.26 Å². The Bertz CT molecular complexity index is 815. The molecule has 1 aliphatic carbocycles. The molecule has 3 aliphatic rings. The molecule has 2 aliphatic heterocycles. The Hall–Kier alpha value is -2.42. The van der Waals surface area contributed by atoms with Crippen molar-refractivity contribution in [2.24, 2.45) is 10.9 Å². The molecule has 2 N–H and O–H groups in total. The van der Waals surface area contributed by atoms with E-state index in [2.05, 4.69) is 21.6 Å². The van der Waals surface area contributed by atoms with E-state index < -0.39 is 17.7 Å². The second kappa shape index (κ2) is 14.5. The summed E-state index contributed by atoms with van der Waals surface area (Å²) < 4.78 is 16.2. The molecule has 0 aromatic heterocycles. The number of carbonyl (C=O) groups excluding carboxylic acids is 2. The van der Waals surface area contributed by atoms with Crippen molar-refractivity contribution in [3.05, 3.63) is 0 Å². The summed E-state index contributed by atoms with van der Waals surface area (Å²) in [6, 6.07) is 1.65. The van der Waals surface area contributed by atoms with Crippen LogP contribution in [0, 0.1) is 17.2 Å². The third-order valence-electron chi connectivity index (χ3n) is 7.56. The number of ether oxygens (including phenoxy) is 3. The molecule has 2 amide bonds. The first-order valence-electron chi connectivity index (χ1n) is 13.7. The molecule has 0 aromatic carbocycles.